The number of ketones is 1. The van der Waals surface area contributed by atoms with Crippen molar-refractivity contribution in [1.29, 1.82) is 5.26 Å². The standard InChI is InChI=1S/C10H7NO3/c11-6-7-1-2-8(10(14)5-7)9(13)3-4-12/h1-2,4-5,14H,3H2. The Morgan fingerprint density at radius 2 is 2.29 bits per heavy atom. The minimum atomic E-state index is -0.456. The van der Waals surface area contributed by atoms with Gasteiger partial charge in [-0.25, -0.2) is 0 Å². The number of nitriles is 1. The Labute approximate surface area is 80.4 Å². The minimum absolute atomic E-state index is 0.0658. The number of phenols is 1. The third kappa shape index (κ3) is 1.96. The average Bonchev–Trinajstić information content (AvgIpc) is 2.17. The number of phenolic OH excluding ortho intramolecular Hbond substituents is 1. The summed E-state index contributed by atoms with van der Waals surface area (Å²) in [6, 6.07) is 5.77. The maximum Gasteiger partial charge on any atom is 0.173 e. The molecule has 0 bridgehead atoms. The van der Waals surface area contributed by atoms with E-state index in [0.717, 1.165) is 0 Å². The van der Waals surface area contributed by atoms with E-state index < -0.39 is 5.78 Å². The number of rotatable bonds is 3. The van der Waals surface area contributed by atoms with Crippen molar-refractivity contribution in [2.75, 3.05) is 0 Å². The second kappa shape index (κ2) is 4.19. The summed E-state index contributed by atoms with van der Waals surface area (Å²) < 4.78 is 0. The van der Waals surface area contributed by atoms with Gasteiger partial charge in [0, 0.05) is 0 Å². The summed E-state index contributed by atoms with van der Waals surface area (Å²) in [5, 5.41) is 17.8. The van der Waals surface area contributed by atoms with Crippen molar-refractivity contribution >= 4 is 12.1 Å². The van der Waals surface area contributed by atoms with Crippen LogP contribution in [0.5, 0.6) is 5.75 Å². The molecule has 0 saturated carbocycles. The van der Waals surface area contributed by atoms with Crippen LogP contribution in [0.1, 0.15) is 22.3 Å². The van der Waals surface area contributed by atoms with E-state index in [2.05, 4.69) is 0 Å². The Kier molecular flexibility index (Phi) is 2.97. The minimum Gasteiger partial charge on any atom is -0.507 e. The summed E-state index contributed by atoms with van der Waals surface area (Å²) in [6.45, 7) is 0. The van der Waals surface area contributed by atoms with Gasteiger partial charge in [-0.3, -0.25) is 4.79 Å². The van der Waals surface area contributed by atoms with Crippen LogP contribution in [0.15, 0.2) is 18.2 Å². The quantitative estimate of drug-likeness (QED) is 0.437. The molecule has 14 heavy (non-hydrogen) atoms. The zero-order valence-electron chi connectivity index (χ0n) is 7.23. The van der Waals surface area contributed by atoms with Gasteiger partial charge in [-0.2, -0.15) is 5.26 Å². The molecule has 0 atom stereocenters. The van der Waals surface area contributed by atoms with Gasteiger partial charge in [-0.15, -0.1) is 0 Å². The molecule has 0 spiro atoms. The molecule has 0 fully saturated rings. The largest absolute Gasteiger partial charge is 0.507 e. The van der Waals surface area contributed by atoms with Crippen molar-refractivity contribution in [1.82, 2.24) is 0 Å². The van der Waals surface area contributed by atoms with Gasteiger partial charge in [0.25, 0.3) is 0 Å². The van der Waals surface area contributed by atoms with Crippen LogP contribution in [0.2, 0.25) is 0 Å². The fourth-order valence-corrected chi connectivity index (χ4v) is 1.02. The fraction of sp³-hybridized carbons (Fsp3) is 0.100. The third-order valence-corrected chi connectivity index (χ3v) is 1.70. The summed E-state index contributed by atoms with van der Waals surface area (Å²) in [5.41, 5.74) is 0.334. The first-order chi connectivity index (χ1) is 6.69. The molecule has 1 aromatic carbocycles. The number of nitrogens with zero attached hydrogens (tertiary/aromatic N) is 1. The molecule has 0 aliphatic rings. The highest BCUT2D eigenvalue weighted by Gasteiger charge is 2.10. The highest BCUT2D eigenvalue weighted by atomic mass is 16.3. The number of aromatic hydroxyl groups is 1. The SMILES string of the molecule is N#Cc1ccc(C(=O)CC=O)c(O)c1. The number of aldehydes is 1. The summed E-state index contributed by atoms with van der Waals surface area (Å²) in [6.07, 6.45) is 0.208. The van der Waals surface area contributed by atoms with Crippen LogP contribution in [0.25, 0.3) is 0 Å². The zero-order valence-corrected chi connectivity index (χ0v) is 7.23. The number of hydrogen-bond acceptors (Lipinski definition) is 4. The molecular formula is C10H7NO3. The normalized spacial score (nSPS) is 9.07. The molecule has 4 heteroatoms. The van der Waals surface area contributed by atoms with E-state index in [1.54, 1.807) is 0 Å². The molecule has 0 radical (unpaired) electrons. The van der Waals surface area contributed by atoms with E-state index >= 15 is 0 Å². The van der Waals surface area contributed by atoms with E-state index in [1.165, 1.54) is 18.2 Å². The first kappa shape index (κ1) is 9.93. The molecule has 0 saturated heterocycles. The van der Waals surface area contributed by atoms with E-state index in [1.807, 2.05) is 6.07 Å². The van der Waals surface area contributed by atoms with Crippen LogP contribution in [-0.2, 0) is 4.79 Å². The van der Waals surface area contributed by atoms with Crippen molar-refractivity contribution in [3.63, 3.8) is 0 Å². The maximum atomic E-state index is 11.2. The highest BCUT2D eigenvalue weighted by Crippen LogP contribution is 2.19. The molecule has 1 N–H and O–H groups in total. The Bertz CT molecular complexity index is 418. The third-order valence-electron chi connectivity index (χ3n) is 1.70. The Morgan fingerprint density at radius 3 is 2.79 bits per heavy atom. The van der Waals surface area contributed by atoms with Gasteiger partial charge in [0.1, 0.15) is 12.0 Å². The van der Waals surface area contributed by atoms with Crippen LogP contribution in [0, 0.1) is 11.3 Å². The van der Waals surface area contributed by atoms with Crippen molar-refractivity contribution < 1.29 is 14.7 Å². The first-order valence-electron chi connectivity index (χ1n) is 3.89. The molecule has 0 aliphatic carbocycles. The second-order valence-electron chi connectivity index (χ2n) is 2.64. The Hall–Kier alpha value is -2.15. The number of hydrogen-bond donors (Lipinski definition) is 1. The predicted octanol–water partition coefficient (Wildman–Crippen LogP) is 1.04. The molecular weight excluding hydrogens is 182 g/mol. The molecule has 0 heterocycles. The van der Waals surface area contributed by atoms with Gasteiger partial charge < -0.3 is 9.90 Å². The predicted molar refractivity (Wildman–Crippen MR) is 47.8 cm³/mol. The van der Waals surface area contributed by atoms with Gasteiger partial charge >= 0.3 is 0 Å². The van der Waals surface area contributed by atoms with Gasteiger partial charge in [0.2, 0.25) is 0 Å². The maximum absolute atomic E-state index is 11.2. The van der Waals surface area contributed by atoms with Crippen molar-refractivity contribution in [2.45, 2.75) is 6.42 Å². The van der Waals surface area contributed by atoms with Gasteiger partial charge in [-0.05, 0) is 18.2 Å². The first-order valence-corrected chi connectivity index (χ1v) is 3.89. The molecule has 0 amide bonds. The second-order valence-corrected chi connectivity index (χ2v) is 2.64. The monoisotopic (exact) mass is 189 g/mol. The number of carbonyl (C=O) groups excluding carboxylic acids is 2. The molecule has 4 nitrogen and oxygen atoms in total. The summed E-state index contributed by atoms with van der Waals surface area (Å²) in [5.74, 6) is -0.724. The number of benzene rings is 1. The molecule has 0 aliphatic heterocycles. The summed E-state index contributed by atoms with van der Waals surface area (Å²) in [7, 11) is 0. The van der Waals surface area contributed by atoms with Gasteiger partial charge in [0.05, 0.1) is 23.6 Å². The topological polar surface area (TPSA) is 78.2 Å². The van der Waals surface area contributed by atoms with E-state index in [9.17, 15) is 14.7 Å². The highest BCUT2D eigenvalue weighted by molar-refractivity contribution is 6.04. The van der Waals surface area contributed by atoms with E-state index in [0.29, 0.717) is 6.29 Å². The lowest BCUT2D eigenvalue weighted by Crippen LogP contribution is -1.99. The molecule has 0 aromatic heterocycles. The fourth-order valence-electron chi connectivity index (χ4n) is 1.02. The summed E-state index contributed by atoms with van der Waals surface area (Å²) in [4.78, 5) is 21.3. The molecule has 70 valence electrons. The molecule has 0 unspecified atom stereocenters. The van der Waals surface area contributed by atoms with Gasteiger partial charge in [-0.1, -0.05) is 0 Å². The van der Waals surface area contributed by atoms with Gasteiger partial charge in [0.15, 0.2) is 5.78 Å². The van der Waals surface area contributed by atoms with Crippen molar-refractivity contribution in [3.8, 4) is 11.8 Å². The lowest BCUT2D eigenvalue weighted by molar-refractivity contribution is -0.107. The number of carbonyl (C=O) groups is 2. The van der Waals surface area contributed by atoms with Crippen LogP contribution >= 0.6 is 0 Å². The zero-order chi connectivity index (χ0) is 10.6. The number of Topliss-reactive ketones (excluding diaryl/α,β-unsaturated/α-hetero) is 1. The van der Waals surface area contributed by atoms with Crippen LogP contribution in [0.3, 0.4) is 0 Å². The summed E-state index contributed by atoms with van der Waals surface area (Å²) >= 11 is 0. The van der Waals surface area contributed by atoms with E-state index in [4.69, 9.17) is 5.26 Å². The van der Waals surface area contributed by atoms with Crippen LogP contribution < -0.4 is 0 Å². The Balaban J connectivity index is 3.07. The molecule has 1 rings (SSSR count). The van der Waals surface area contributed by atoms with E-state index in [-0.39, 0.29) is 23.3 Å². The van der Waals surface area contributed by atoms with Crippen LogP contribution in [-0.4, -0.2) is 17.2 Å². The average molecular weight is 189 g/mol. The van der Waals surface area contributed by atoms with Crippen LogP contribution in [0.4, 0.5) is 0 Å². The van der Waals surface area contributed by atoms with Crippen molar-refractivity contribution in [3.05, 3.63) is 29.3 Å². The lowest BCUT2D eigenvalue weighted by atomic mass is 10.1. The lowest BCUT2D eigenvalue weighted by Gasteiger charge is -2.00. The molecule has 1 aromatic rings. The van der Waals surface area contributed by atoms with Crippen molar-refractivity contribution in [2.24, 2.45) is 0 Å². The smallest absolute Gasteiger partial charge is 0.173 e. The Morgan fingerprint density at radius 1 is 1.57 bits per heavy atom.